The number of halogens is 3. The third kappa shape index (κ3) is 2.43. The Balaban J connectivity index is 1.91. The van der Waals surface area contributed by atoms with Crippen molar-refractivity contribution in [3.8, 4) is 0 Å². The maximum Gasteiger partial charge on any atom is 0.418 e. The maximum atomic E-state index is 13.1. The molecular formula is C16H9F3N2O2S. The van der Waals surface area contributed by atoms with E-state index in [2.05, 4.69) is 10.3 Å². The summed E-state index contributed by atoms with van der Waals surface area (Å²) < 4.78 is 45.0. The Morgan fingerprint density at radius 2 is 2.17 bits per heavy atom. The number of para-hydroxylation sites is 1. The first-order chi connectivity index (χ1) is 11.4. The first kappa shape index (κ1) is 15.1. The van der Waals surface area contributed by atoms with Crippen LogP contribution in [0.15, 0.2) is 39.8 Å². The van der Waals surface area contributed by atoms with Crippen LogP contribution in [0.1, 0.15) is 11.3 Å². The number of fused-ring (bicyclic) bond motifs is 3. The van der Waals surface area contributed by atoms with Crippen molar-refractivity contribution in [2.24, 2.45) is 0 Å². The summed E-state index contributed by atoms with van der Waals surface area (Å²) in [6, 6.07) is 5.51. The van der Waals surface area contributed by atoms with Gasteiger partial charge in [-0.3, -0.25) is 9.78 Å². The summed E-state index contributed by atoms with van der Waals surface area (Å²) in [5, 5.41) is 3.52. The molecular weight excluding hydrogens is 341 g/mol. The van der Waals surface area contributed by atoms with Crippen LogP contribution in [0.5, 0.6) is 0 Å². The second-order valence-electron chi connectivity index (χ2n) is 5.19. The molecule has 122 valence electrons. The number of hydrogen-bond acceptors (Lipinski definition) is 4. The molecule has 1 aliphatic heterocycles. The summed E-state index contributed by atoms with van der Waals surface area (Å²) in [6.45, 7) is 0. The van der Waals surface area contributed by atoms with Gasteiger partial charge >= 0.3 is 6.18 Å². The molecule has 0 saturated carbocycles. The van der Waals surface area contributed by atoms with E-state index >= 15 is 0 Å². The van der Waals surface area contributed by atoms with E-state index in [0.717, 1.165) is 6.07 Å². The molecule has 1 N–H and O–H groups in total. The minimum Gasteiger partial charge on any atom is -0.456 e. The third-order valence-corrected chi connectivity index (χ3v) is 4.56. The van der Waals surface area contributed by atoms with Crippen molar-refractivity contribution in [1.82, 2.24) is 10.3 Å². The summed E-state index contributed by atoms with van der Waals surface area (Å²) in [7, 11) is 0. The van der Waals surface area contributed by atoms with Crippen molar-refractivity contribution in [1.29, 1.82) is 0 Å². The van der Waals surface area contributed by atoms with Crippen LogP contribution in [-0.2, 0) is 11.0 Å². The van der Waals surface area contributed by atoms with Crippen molar-refractivity contribution in [3.63, 3.8) is 0 Å². The zero-order valence-electron chi connectivity index (χ0n) is 12.0. The molecule has 2 aromatic heterocycles. The number of hydrogen-bond donors (Lipinski definition) is 1. The van der Waals surface area contributed by atoms with Crippen LogP contribution in [0, 0.1) is 0 Å². The lowest BCUT2D eigenvalue weighted by molar-refractivity contribution is -0.136. The normalized spacial score (nSPS) is 17.1. The van der Waals surface area contributed by atoms with Crippen LogP contribution in [0.3, 0.4) is 0 Å². The Bertz CT molecular complexity index is 1010. The number of pyridine rings is 1. The number of amides is 1. The summed E-state index contributed by atoms with van der Waals surface area (Å²) in [4.78, 5) is 16.0. The standard InChI is InChI=1S/C16H9F3N2O2S/c17-16(18,19)11-3-1-2-10-13(11)20-6-8-4-9(23-14(8)10)5-12-15(22)21-7-24-12/h1-6H,7H2,(H,21,22). The van der Waals surface area contributed by atoms with Gasteiger partial charge in [-0.2, -0.15) is 13.2 Å². The molecule has 8 heteroatoms. The van der Waals surface area contributed by atoms with Gasteiger partial charge in [0.15, 0.2) is 0 Å². The first-order valence-electron chi connectivity index (χ1n) is 6.94. The van der Waals surface area contributed by atoms with Crippen molar-refractivity contribution >= 4 is 45.6 Å². The largest absolute Gasteiger partial charge is 0.456 e. The summed E-state index contributed by atoms with van der Waals surface area (Å²) in [5.41, 5.74) is -0.635. The lowest BCUT2D eigenvalue weighted by Gasteiger charge is -2.09. The second kappa shape index (κ2) is 5.27. The fourth-order valence-electron chi connectivity index (χ4n) is 2.60. The highest BCUT2D eigenvalue weighted by Gasteiger charge is 2.33. The minimum absolute atomic E-state index is 0.154. The van der Waals surface area contributed by atoms with Gasteiger partial charge in [-0.15, -0.1) is 0 Å². The van der Waals surface area contributed by atoms with Gasteiger partial charge in [0.25, 0.3) is 5.91 Å². The average Bonchev–Trinajstić information content (AvgIpc) is 3.12. The summed E-state index contributed by atoms with van der Waals surface area (Å²) in [5.74, 6) is 0.698. The van der Waals surface area contributed by atoms with E-state index < -0.39 is 11.7 Å². The number of alkyl halides is 3. The Kier molecular flexibility index (Phi) is 3.31. The second-order valence-corrected chi connectivity index (χ2v) is 6.21. The van der Waals surface area contributed by atoms with E-state index in [1.54, 1.807) is 12.1 Å². The van der Waals surface area contributed by atoms with Crippen LogP contribution >= 0.6 is 11.8 Å². The number of carbonyl (C=O) groups excluding carboxylic acids is 1. The van der Waals surface area contributed by atoms with Gasteiger partial charge in [-0.05, 0) is 24.3 Å². The quantitative estimate of drug-likeness (QED) is 0.670. The molecule has 24 heavy (non-hydrogen) atoms. The molecule has 3 aromatic rings. The highest BCUT2D eigenvalue weighted by atomic mass is 32.2. The van der Waals surface area contributed by atoms with E-state index in [1.165, 1.54) is 30.1 Å². The fraction of sp³-hybridized carbons (Fsp3) is 0.125. The van der Waals surface area contributed by atoms with E-state index in [1.807, 2.05) is 0 Å². The molecule has 1 aliphatic rings. The van der Waals surface area contributed by atoms with Crippen LogP contribution in [0.25, 0.3) is 27.9 Å². The highest BCUT2D eigenvalue weighted by Crippen LogP contribution is 2.37. The molecule has 0 bridgehead atoms. The lowest BCUT2D eigenvalue weighted by atomic mass is 10.1. The van der Waals surface area contributed by atoms with E-state index in [9.17, 15) is 18.0 Å². The van der Waals surface area contributed by atoms with Crippen LogP contribution < -0.4 is 5.32 Å². The molecule has 3 heterocycles. The number of thioether (sulfide) groups is 1. The third-order valence-electron chi connectivity index (χ3n) is 3.66. The molecule has 0 spiro atoms. The number of furan rings is 1. The Morgan fingerprint density at radius 1 is 1.33 bits per heavy atom. The predicted molar refractivity (Wildman–Crippen MR) is 85.1 cm³/mol. The summed E-state index contributed by atoms with van der Waals surface area (Å²) >= 11 is 1.34. The van der Waals surface area contributed by atoms with Crippen molar-refractivity contribution in [2.75, 3.05) is 5.88 Å². The molecule has 0 unspecified atom stereocenters. The molecule has 1 amide bonds. The van der Waals surface area contributed by atoms with Crippen molar-refractivity contribution in [2.45, 2.75) is 6.18 Å². The molecule has 1 fully saturated rings. The number of nitrogens with zero attached hydrogens (tertiary/aromatic N) is 1. The van der Waals surface area contributed by atoms with Gasteiger partial charge in [0.2, 0.25) is 0 Å². The molecule has 4 rings (SSSR count). The maximum absolute atomic E-state index is 13.1. The Labute approximate surface area is 137 Å². The van der Waals surface area contributed by atoms with E-state index in [4.69, 9.17) is 4.42 Å². The van der Waals surface area contributed by atoms with Crippen molar-refractivity contribution < 1.29 is 22.4 Å². The molecule has 4 nitrogen and oxygen atoms in total. The average molecular weight is 350 g/mol. The molecule has 0 radical (unpaired) electrons. The lowest BCUT2D eigenvalue weighted by Crippen LogP contribution is -2.13. The zero-order valence-corrected chi connectivity index (χ0v) is 12.8. The van der Waals surface area contributed by atoms with Gasteiger partial charge in [-0.1, -0.05) is 17.8 Å². The van der Waals surface area contributed by atoms with Gasteiger partial charge in [0.1, 0.15) is 11.3 Å². The highest BCUT2D eigenvalue weighted by molar-refractivity contribution is 8.04. The fourth-order valence-corrected chi connectivity index (χ4v) is 3.36. The topological polar surface area (TPSA) is 55.1 Å². The van der Waals surface area contributed by atoms with Crippen LogP contribution in [0.2, 0.25) is 0 Å². The van der Waals surface area contributed by atoms with E-state index in [0.29, 0.717) is 27.5 Å². The predicted octanol–water partition coefficient (Wildman–Crippen LogP) is 4.16. The van der Waals surface area contributed by atoms with Gasteiger partial charge in [0, 0.05) is 17.0 Å². The Morgan fingerprint density at radius 3 is 2.88 bits per heavy atom. The van der Waals surface area contributed by atoms with Gasteiger partial charge < -0.3 is 9.73 Å². The zero-order chi connectivity index (χ0) is 16.9. The Hall–Kier alpha value is -2.48. The number of nitrogens with one attached hydrogen (secondary N) is 1. The molecule has 0 aliphatic carbocycles. The number of rotatable bonds is 1. The molecule has 0 atom stereocenters. The monoisotopic (exact) mass is 350 g/mol. The minimum atomic E-state index is -4.49. The smallest absolute Gasteiger partial charge is 0.418 e. The van der Waals surface area contributed by atoms with Crippen LogP contribution in [-0.4, -0.2) is 16.8 Å². The van der Waals surface area contributed by atoms with E-state index in [-0.39, 0.29) is 16.8 Å². The first-order valence-corrected chi connectivity index (χ1v) is 7.93. The van der Waals surface area contributed by atoms with Gasteiger partial charge in [-0.25, -0.2) is 0 Å². The number of benzene rings is 1. The van der Waals surface area contributed by atoms with Crippen molar-refractivity contribution in [3.05, 3.63) is 46.7 Å². The van der Waals surface area contributed by atoms with Crippen LogP contribution in [0.4, 0.5) is 13.2 Å². The molecule has 1 aromatic carbocycles. The summed E-state index contributed by atoms with van der Waals surface area (Å²) in [6.07, 6.45) is -1.57. The SMILES string of the molecule is O=C1NCSC1=Cc1cc2cnc3c(C(F)(F)F)cccc3c2o1. The number of aromatic nitrogens is 1. The molecule has 1 saturated heterocycles. The van der Waals surface area contributed by atoms with Gasteiger partial charge in [0.05, 0.1) is 21.9 Å². The number of carbonyl (C=O) groups is 1.